The van der Waals surface area contributed by atoms with Crippen molar-refractivity contribution in [3.63, 3.8) is 0 Å². The summed E-state index contributed by atoms with van der Waals surface area (Å²) >= 11 is 5.56. The average molecular weight is 277 g/mol. The average Bonchev–Trinajstić information content (AvgIpc) is 2.78. The molecular formula is C10H17ClN4O3. The summed E-state index contributed by atoms with van der Waals surface area (Å²) in [5.74, 6) is 0.751. The summed E-state index contributed by atoms with van der Waals surface area (Å²) in [7, 11) is 3.28. The fourth-order valence-corrected chi connectivity index (χ4v) is 1.37. The number of anilines is 1. The minimum absolute atomic E-state index is 0.133. The Balaban J connectivity index is 2.38. The smallest absolute Gasteiger partial charge is 0.318 e. The Morgan fingerprint density at radius 3 is 3.00 bits per heavy atom. The first kappa shape index (κ1) is 14.7. The van der Waals surface area contributed by atoms with Crippen molar-refractivity contribution in [2.45, 2.75) is 6.42 Å². The van der Waals surface area contributed by atoms with Gasteiger partial charge in [-0.15, -0.1) is 16.7 Å². The van der Waals surface area contributed by atoms with Crippen LogP contribution in [-0.2, 0) is 16.0 Å². The van der Waals surface area contributed by atoms with Gasteiger partial charge in [0.15, 0.2) is 0 Å². The molecule has 1 N–H and O–H groups in total. The second-order valence-corrected chi connectivity index (χ2v) is 3.99. The van der Waals surface area contributed by atoms with Gasteiger partial charge in [-0.2, -0.15) is 0 Å². The van der Waals surface area contributed by atoms with Crippen LogP contribution in [0.15, 0.2) is 4.42 Å². The van der Waals surface area contributed by atoms with E-state index in [0.29, 0.717) is 37.4 Å². The molecular weight excluding hydrogens is 260 g/mol. The number of ether oxygens (including phenoxy) is 1. The lowest BCUT2D eigenvalue weighted by molar-refractivity contribution is -0.119. The van der Waals surface area contributed by atoms with Gasteiger partial charge in [0.2, 0.25) is 11.8 Å². The summed E-state index contributed by atoms with van der Waals surface area (Å²) in [4.78, 5) is 13.1. The van der Waals surface area contributed by atoms with Gasteiger partial charge in [-0.1, -0.05) is 5.10 Å². The molecule has 0 saturated heterocycles. The largest absolute Gasteiger partial charge is 0.408 e. The van der Waals surface area contributed by atoms with E-state index in [4.69, 9.17) is 20.8 Å². The van der Waals surface area contributed by atoms with Gasteiger partial charge in [-0.3, -0.25) is 4.79 Å². The maximum atomic E-state index is 11.5. The van der Waals surface area contributed by atoms with Crippen LogP contribution in [0.3, 0.4) is 0 Å². The molecule has 1 aromatic rings. The van der Waals surface area contributed by atoms with Crippen molar-refractivity contribution in [2.75, 3.05) is 44.6 Å². The number of hydrogen-bond acceptors (Lipinski definition) is 6. The third kappa shape index (κ3) is 4.89. The van der Waals surface area contributed by atoms with Crippen molar-refractivity contribution in [2.24, 2.45) is 0 Å². The van der Waals surface area contributed by atoms with Gasteiger partial charge in [-0.05, 0) is 0 Å². The molecule has 0 aliphatic rings. The van der Waals surface area contributed by atoms with Gasteiger partial charge in [-0.25, -0.2) is 0 Å². The van der Waals surface area contributed by atoms with E-state index in [1.807, 2.05) is 0 Å². The van der Waals surface area contributed by atoms with E-state index in [9.17, 15) is 4.79 Å². The fourth-order valence-electron chi connectivity index (χ4n) is 1.21. The molecule has 1 heterocycles. The monoisotopic (exact) mass is 276 g/mol. The van der Waals surface area contributed by atoms with E-state index in [1.54, 1.807) is 19.1 Å². The van der Waals surface area contributed by atoms with Crippen LogP contribution >= 0.6 is 11.6 Å². The summed E-state index contributed by atoms with van der Waals surface area (Å²) < 4.78 is 10.2. The number of amides is 1. The number of methoxy groups -OCH3 is 1. The Labute approximate surface area is 110 Å². The lowest BCUT2D eigenvalue weighted by Crippen LogP contribution is -2.36. The lowest BCUT2D eigenvalue weighted by atomic mass is 10.5. The predicted molar refractivity (Wildman–Crippen MR) is 66.9 cm³/mol. The highest BCUT2D eigenvalue weighted by Crippen LogP contribution is 2.10. The van der Waals surface area contributed by atoms with E-state index in [-0.39, 0.29) is 12.5 Å². The molecule has 1 amide bonds. The molecule has 0 atom stereocenters. The Bertz CT molecular complexity index is 372. The Morgan fingerprint density at radius 1 is 1.56 bits per heavy atom. The molecule has 18 heavy (non-hydrogen) atoms. The second kappa shape index (κ2) is 7.88. The lowest BCUT2D eigenvalue weighted by Gasteiger charge is -2.13. The second-order valence-electron chi connectivity index (χ2n) is 3.62. The molecule has 0 spiro atoms. The van der Waals surface area contributed by atoms with Crippen molar-refractivity contribution in [3.05, 3.63) is 5.89 Å². The Morgan fingerprint density at radius 2 is 2.33 bits per heavy atom. The molecule has 102 valence electrons. The minimum atomic E-state index is -0.133. The molecule has 0 radical (unpaired) electrons. The molecule has 0 aromatic carbocycles. The number of nitrogens with zero attached hydrogens (tertiary/aromatic N) is 3. The van der Waals surface area contributed by atoms with Crippen molar-refractivity contribution in [1.82, 2.24) is 15.5 Å². The third-order valence-electron chi connectivity index (χ3n) is 2.10. The molecule has 0 aliphatic carbocycles. The third-order valence-corrected chi connectivity index (χ3v) is 2.29. The van der Waals surface area contributed by atoms with Crippen LogP contribution in [0.2, 0.25) is 0 Å². The summed E-state index contributed by atoms with van der Waals surface area (Å²) in [6.07, 6.45) is 0.516. The van der Waals surface area contributed by atoms with Crippen LogP contribution in [0.1, 0.15) is 5.89 Å². The fraction of sp³-hybridized carbons (Fsp3) is 0.700. The van der Waals surface area contributed by atoms with Crippen molar-refractivity contribution >= 4 is 23.5 Å². The first-order chi connectivity index (χ1) is 8.67. The van der Waals surface area contributed by atoms with Gasteiger partial charge in [0.1, 0.15) is 6.54 Å². The van der Waals surface area contributed by atoms with Crippen LogP contribution < -0.4 is 10.2 Å². The molecule has 0 saturated carbocycles. The van der Waals surface area contributed by atoms with E-state index in [1.165, 1.54) is 0 Å². The number of alkyl halides is 1. The number of aromatic nitrogens is 2. The Kier molecular flexibility index (Phi) is 6.45. The number of halogens is 1. The number of rotatable bonds is 8. The topological polar surface area (TPSA) is 80.5 Å². The van der Waals surface area contributed by atoms with Gasteiger partial charge in [0.25, 0.3) is 0 Å². The SMILES string of the molecule is COCCNC(=O)CN(C)c1nnc(CCCl)o1. The predicted octanol–water partition coefficient (Wildman–Crippen LogP) is 0.0497. The van der Waals surface area contributed by atoms with Crippen LogP contribution in [0.25, 0.3) is 0 Å². The molecule has 0 aliphatic heterocycles. The molecule has 0 bridgehead atoms. The van der Waals surface area contributed by atoms with Crippen LogP contribution in [0, 0.1) is 0 Å². The summed E-state index contributed by atoms with van der Waals surface area (Å²) in [5, 5.41) is 10.3. The molecule has 0 fully saturated rings. The standard InChI is InChI=1S/C10H17ClN4O3/c1-15(7-8(16)12-5-6-17-2)10-14-13-9(18-10)3-4-11/h3-7H2,1-2H3,(H,12,16). The molecule has 1 rings (SSSR count). The zero-order valence-electron chi connectivity index (χ0n) is 10.5. The van der Waals surface area contributed by atoms with Crippen LogP contribution in [0.5, 0.6) is 0 Å². The van der Waals surface area contributed by atoms with Crippen molar-refractivity contribution in [3.8, 4) is 0 Å². The number of carbonyl (C=O) groups excluding carboxylic acids is 1. The zero-order valence-corrected chi connectivity index (χ0v) is 11.2. The number of likely N-dealkylation sites (N-methyl/N-ethyl adjacent to an activating group) is 1. The van der Waals surface area contributed by atoms with E-state index >= 15 is 0 Å². The van der Waals surface area contributed by atoms with Crippen molar-refractivity contribution in [1.29, 1.82) is 0 Å². The van der Waals surface area contributed by atoms with Crippen molar-refractivity contribution < 1.29 is 13.9 Å². The highest BCUT2D eigenvalue weighted by Gasteiger charge is 2.13. The molecule has 7 nitrogen and oxygen atoms in total. The quantitative estimate of drug-likeness (QED) is 0.534. The van der Waals surface area contributed by atoms with E-state index < -0.39 is 0 Å². The molecule has 1 aromatic heterocycles. The van der Waals surface area contributed by atoms with Gasteiger partial charge in [0, 0.05) is 33.0 Å². The van der Waals surface area contributed by atoms with Gasteiger partial charge >= 0.3 is 6.01 Å². The van der Waals surface area contributed by atoms with Gasteiger partial charge < -0.3 is 19.4 Å². The summed E-state index contributed by atoms with van der Waals surface area (Å²) in [5.41, 5.74) is 0. The highest BCUT2D eigenvalue weighted by atomic mass is 35.5. The molecule has 0 unspecified atom stereocenters. The number of carbonyl (C=O) groups is 1. The van der Waals surface area contributed by atoms with E-state index in [0.717, 1.165) is 0 Å². The maximum absolute atomic E-state index is 11.5. The van der Waals surface area contributed by atoms with Crippen LogP contribution in [0.4, 0.5) is 6.01 Å². The normalized spacial score (nSPS) is 10.4. The Hall–Kier alpha value is -1.34. The first-order valence-corrected chi connectivity index (χ1v) is 6.06. The minimum Gasteiger partial charge on any atom is -0.408 e. The highest BCUT2D eigenvalue weighted by molar-refractivity contribution is 6.17. The number of aryl methyl sites for hydroxylation is 1. The summed E-state index contributed by atoms with van der Waals surface area (Å²) in [6, 6.07) is 0.303. The van der Waals surface area contributed by atoms with Crippen LogP contribution in [-0.4, -0.2) is 55.8 Å². The van der Waals surface area contributed by atoms with E-state index in [2.05, 4.69) is 15.5 Å². The maximum Gasteiger partial charge on any atom is 0.318 e. The molecule has 8 heteroatoms. The van der Waals surface area contributed by atoms with Gasteiger partial charge in [0.05, 0.1) is 6.61 Å². The summed E-state index contributed by atoms with van der Waals surface area (Å²) in [6.45, 7) is 1.10. The number of nitrogens with one attached hydrogen (secondary N) is 1. The first-order valence-electron chi connectivity index (χ1n) is 5.52. The number of hydrogen-bond donors (Lipinski definition) is 1. The zero-order chi connectivity index (χ0) is 13.4.